The molecular weight excluding hydrogens is 434 g/mol. The fourth-order valence-corrected chi connectivity index (χ4v) is 4.78. The van der Waals surface area contributed by atoms with Crippen molar-refractivity contribution in [3.05, 3.63) is 89.4 Å². The van der Waals surface area contributed by atoms with Crippen molar-refractivity contribution in [1.29, 1.82) is 0 Å². The zero-order valence-electron chi connectivity index (χ0n) is 16.7. The summed E-state index contributed by atoms with van der Waals surface area (Å²) in [6.45, 7) is 2.66. The molecule has 0 radical (unpaired) electrons. The lowest BCUT2D eigenvalue weighted by atomic mass is 10.1. The van der Waals surface area contributed by atoms with Gasteiger partial charge in [-0.15, -0.1) is 0 Å². The van der Waals surface area contributed by atoms with E-state index in [4.69, 9.17) is 11.6 Å². The summed E-state index contributed by atoms with van der Waals surface area (Å²) in [6, 6.07) is 22.4. The Morgan fingerprint density at radius 3 is 2.16 bits per heavy atom. The van der Waals surface area contributed by atoms with Crippen molar-refractivity contribution >= 4 is 38.9 Å². The van der Waals surface area contributed by atoms with Crippen molar-refractivity contribution in [2.45, 2.75) is 4.90 Å². The Morgan fingerprint density at radius 2 is 1.52 bits per heavy atom. The predicted octanol–water partition coefficient (Wildman–Crippen LogP) is 4.10. The van der Waals surface area contributed by atoms with Gasteiger partial charge in [0.15, 0.2) is 0 Å². The van der Waals surface area contributed by atoms with E-state index < -0.39 is 10.0 Å². The number of sulfonamides is 1. The van der Waals surface area contributed by atoms with Gasteiger partial charge in [-0.2, -0.15) is 0 Å². The van der Waals surface area contributed by atoms with Crippen LogP contribution in [0.25, 0.3) is 0 Å². The van der Waals surface area contributed by atoms with Crippen molar-refractivity contribution in [3.8, 4) is 0 Å². The summed E-state index contributed by atoms with van der Waals surface area (Å²) in [7, 11) is -3.66. The SMILES string of the molecule is O=C(c1ccc(NS(=O)(=O)c2ccccc2)cc1)N1CCN(c2cccc(Cl)c2)CC1. The lowest BCUT2D eigenvalue weighted by Crippen LogP contribution is -2.48. The highest BCUT2D eigenvalue weighted by Gasteiger charge is 2.22. The zero-order chi connectivity index (χ0) is 21.8. The number of nitrogens with one attached hydrogen (secondary N) is 1. The molecule has 0 atom stereocenters. The number of hydrogen-bond acceptors (Lipinski definition) is 4. The van der Waals surface area contributed by atoms with Crippen LogP contribution in [0.2, 0.25) is 5.02 Å². The molecule has 3 aromatic carbocycles. The predicted molar refractivity (Wildman–Crippen MR) is 123 cm³/mol. The first-order valence-corrected chi connectivity index (χ1v) is 11.8. The Balaban J connectivity index is 1.38. The van der Waals surface area contributed by atoms with Crippen molar-refractivity contribution in [2.75, 3.05) is 35.8 Å². The van der Waals surface area contributed by atoms with Gasteiger partial charge in [-0.05, 0) is 54.6 Å². The summed E-state index contributed by atoms with van der Waals surface area (Å²) >= 11 is 6.08. The van der Waals surface area contributed by atoms with Gasteiger partial charge in [-0.25, -0.2) is 8.42 Å². The Bertz CT molecular complexity index is 1160. The van der Waals surface area contributed by atoms with Crippen LogP contribution in [0.3, 0.4) is 0 Å². The van der Waals surface area contributed by atoms with E-state index in [9.17, 15) is 13.2 Å². The topological polar surface area (TPSA) is 69.7 Å². The standard InChI is InChI=1S/C23H22ClN3O3S/c24-19-5-4-6-21(17-19)26-13-15-27(16-14-26)23(28)18-9-11-20(12-10-18)25-31(29,30)22-7-2-1-3-8-22/h1-12,17,25H,13-16H2. The fraction of sp³-hybridized carbons (Fsp3) is 0.174. The van der Waals surface area contributed by atoms with Crippen LogP contribution in [0.1, 0.15) is 10.4 Å². The van der Waals surface area contributed by atoms with Crippen LogP contribution in [0.4, 0.5) is 11.4 Å². The quantitative estimate of drug-likeness (QED) is 0.628. The number of benzene rings is 3. The monoisotopic (exact) mass is 455 g/mol. The molecule has 0 spiro atoms. The largest absolute Gasteiger partial charge is 0.368 e. The maximum atomic E-state index is 12.9. The van der Waals surface area contributed by atoms with Gasteiger partial charge in [-0.1, -0.05) is 35.9 Å². The van der Waals surface area contributed by atoms with Gasteiger partial charge in [0, 0.05) is 48.1 Å². The second-order valence-electron chi connectivity index (χ2n) is 7.26. The van der Waals surface area contributed by atoms with Gasteiger partial charge in [0.25, 0.3) is 15.9 Å². The highest BCUT2D eigenvalue weighted by Crippen LogP contribution is 2.22. The first-order valence-electron chi connectivity index (χ1n) is 9.90. The number of amides is 1. The molecule has 8 heteroatoms. The number of piperazine rings is 1. The third-order valence-corrected chi connectivity index (χ3v) is 6.81. The number of anilines is 2. The Hall–Kier alpha value is -3.03. The van der Waals surface area contributed by atoms with E-state index in [1.807, 2.05) is 29.2 Å². The Morgan fingerprint density at radius 1 is 0.839 bits per heavy atom. The highest BCUT2D eigenvalue weighted by atomic mass is 35.5. The van der Waals surface area contributed by atoms with Crippen molar-refractivity contribution in [3.63, 3.8) is 0 Å². The first kappa shape index (κ1) is 21.2. The number of hydrogen-bond donors (Lipinski definition) is 1. The molecule has 1 amide bonds. The molecule has 1 aliphatic heterocycles. The van der Waals surface area contributed by atoms with Gasteiger partial charge in [-0.3, -0.25) is 9.52 Å². The van der Waals surface area contributed by atoms with Gasteiger partial charge in [0.1, 0.15) is 0 Å². The van der Waals surface area contributed by atoms with Crippen LogP contribution in [-0.2, 0) is 10.0 Å². The van der Waals surface area contributed by atoms with E-state index in [0.717, 1.165) is 18.8 Å². The molecular formula is C23H22ClN3O3S. The molecule has 3 aromatic rings. The van der Waals surface area contributed by atoms with Crippen LogP contribution < -0.4 is 9.62 Å². The van der Waals surface area contributed by atoms with Gasteiger partial charge < -0.3 is 9.80 Å². The van der Waals surface area contributed by atoms with Crippen molar-refractivity contribution < 1.29 is 13.2 Å². The lowest BCUT2D eigenvalue weighted by Gasteiger charge is -2.36. The third kappa shape index (κ3) is 5.00. The molecule has 1 fully saturated rings. The molecule has 1 aliphatic rings. The lowest BCUT2D eigenvalue weighted by molar-refractivity contribution is 0.0747. The molecule has 0 unspecified atom stereocenters. The number of nitrogens with zero attached hydrogens (tertiary/aromatic N) is 2. The Kier molecular flexibility index (Phi) is 6.15. The van der Waals surface area contributed by atoms with Crippen LogP contribution in [0.15, 0.2) is 83.8 Å². The van der Waals surface area contributed by atoms with E-state index in [1.165, 1.54) is 12.1 Å². The van der Waals surface area contributed by atoms with Crippen LogP contribution in [-0.4, -0.2) is 45.4 Å². The van der Waals surface area contributed by atoms with Crippen molar-refractivity contribution in [1.82, 2.24) is 4.90 Å². The van der Waals surface area contributed by atoms with Gasteiger partial charge in [0.2, 0.25) is 0 Å². The third-order valence-electron chi connectivity index (χ3n) is 5.18. The van der Waals surface area contributed by atoms with E-state index >= 15 is 0 Å². The molecule has 1 heterocycles. The maximum absolute atomic E-state index is 12.9. The zero-order valence-corrected chi connectivity index (χ0v) is 18.3. The first-order chi connectivity index (χ1) is 14.9. The highest BCUT2D eigenvalue weighted by molar-refractivity contribution is 7.92. The van der Waals surface area contributed by atoms with Crippen LogP contribution >= 0.6 is 11.6 Å². The second-order valence-corrected chi connectivity index (χ2v) is 9.37. The number of carbonyl (C=O) groups excluding carboxylic acids is 1. The number of rotatable bonds is 5. The molecule has 6 nitrogen and oxygen atoms in total. The molecule has 0 bridgehead atoms. The molecule has 1 saturated heterocycles. The van der Waals surface area contributed by atoms with E-state index in [-0.39, 0.29) is 10.8 Å². The van der Waals surface area contributed by atoms with E-state index in [2.05, 4.69) is 9.62 Å². The summed E-state index contributed by atoms with van der Waals surface area (Å²) in [5, 5.41) is 0.694. The average Bonchev–Trinajstić information content (AvgIpc) is 2.80. The summed E-state index contributed by atoms with van der Waals surface area (Å²) in [6.07, 6.45) is 0. The maximum Gasteiger partial charge on any atom is 0.261 e. The van der Waals surface area contributed by atoms with E-state index in [1.54, 1.807) is 42.5 Å². The molecule has 0 aromatic heterocycles. The smallest absolute Gasteiger partial charge is 0.261 e. The summed E-state index contributed by atoms with van der Waals surface area (Å²) < 4.78 is 27.4. The van der Waals surface area contributed by atoms with Crippen LogP contribution in [0.5, 0.6) is 0 Å². The molecule has 1 N–H and O–H groups in total. The molecule has 0 saturated carbocycles. The number of halogens is 1. The summed E-state index contributed by atoms with van der Waals surface area (Å²) in [5.41, 5.74) is 1.99. The summed E-state index contributed by atoms with van der Waals surface area (Å²) in [5.74, 6) is -0.0665. The van der Waals surface area contributed by atoms with Crippen LogP contribution in [0, 0.1) is 0 Å². The molecule has 31 heavy (non-hydrogen) atoms. The normalized spacial score (nSPS) is 14.4. The molecule has 4 rings (SSSR count). The Labute approximate surface area is 187 Å². The van der Waals surface area contributed by atoms with Gasteiger partial charge in [0.05, 0.1) is 4.90 Å². The summed E-state index contributed by atoms with van der Waals surface area (Å²) in [4.78, 5) is 17.1. The minimum atomic E-state index is -3.66. The average molecular weight is 456 g/mol. The molecule has 160 valence electrons. The van der Waals surface area contributed by atoms with Crippen molar-refractivity contribution in [2.24, 2.45) is 0 Å². The molecule has 0 aliphatic carbocycles. The second kappa shape index (κ2) is 8.99. The minimum absolute atomic E-state index is 0.0665. The number of carbonyl (C=O) groups is 1. The van der Waals surface area contributed by atoms with Gasteiger partial charge >= 0.3 is 0 Å². The van der Waals surface area contributed by atoms with E-state index in [0.29, 0.717) is 29.4 Å². The fourth-order valence-electron chi connectivity index (χ4n) is 3.52. The minimum Gasteiger partial charge on any atom is -0.368 e.